The van der Waals surface area contributed by atoms with E-state index >= 15 is 0 Å². The van der Waals surface area contributed by atoms with E-state index in [9.17, 15) is 13.5 Å². The quantitative estimate of drug-likeness (QED) is 0.837. The Hall–Kier alpha value is -1.13. The van der Waals surface area contributed by atoms with Crippen molar-refractivity contribution < 1.29 is 13.5 Å². The van der Waals surface area contributed by atoms with E-state index in [0.29, 0.717) is 6.42 Å². The average Bonchev–Trinajstić information content (AvgIpc) is 2.35. The fourth-order valence-corrected chi connectivity index (χ4v) is 3.51. The van der Waals surface area contributed by atoms with Crippen molar-refractivity contribution in [3.63, 3.8) is 0 Å². The molecule has 5 nitrogen and oxygen atoms in total. The van der Waals surface area contributed by atoms with Gasteiger partial charge in [-0.15, -0.1) is 0 Å². The van der Waals surface area contributed by atoms with Gasteiger partial charge in [0.15, 0.2) is 0 Å². The Morgan fingerprint density at radius 2 is 2.10 bits per heavy atom. The zero-order valence-corrected chi connectivity index (χ0v) is 13.8. The van der Waals surface area contributed by atoms with Gasteiger partial charge in [0, 0.05) is 6.54 Å². The second-order valence-corrected chi connectivity index (χ2v) is 7.85. The van der Waals surface area contributed by atoms with Crippen LogP contribution in [0.25, 0.3) is 0 Å². The molecule has 2 N–H and O–H groups in total. The number of nitriles is 1. The first-order valence-corrected chi connectivity index (χ1v) is 8.35. The van der Waals surface area contributed by atoms with Gasteiger partial charge < -0.3 is 5.11 Å². The molecule has 21 heavy (non-hydrogen) atoms. The van der Waals surface area contributed by atoms with Crippen molar-refractivity contribution in [1.82, 2.24) is 4.72 Å². The summed E-state index contributed by atoms with van der Waals surface area (Å²) in [7, 11) is -3.78. The Morgan fingerprint density at radius 3 is 2.57 bits per heavy atom. The summed E-state index contributed by atoms with van der Waals surface area (Å²) in [6.45, 7) is 5.39. The molecule has 0 aromatic heterocycles. The second-order valence-electron chi connectivity index (χ2n) is 5.67. The normalized spacial score (nSPS) is 14.7. The summed E-state index contributed by atoms with van der Waals surface area (Å²) >= 11 is 5.83. The van der Waals surface area contributed by atoms with Crippen LogP contribution in [-0.4, -0.2) is 25.7 Å². The Balaban J connectivity index is 2.88. The van der Waals surface area contributed by atoms with E-state index in [1.54, 1.807) is 6.92 Å². The molecule has 1 atom stereocenters. The topological polar surface area (TPSA) is 90.2 Å². The van der Waals surface area contributed by atoms with Crippen LogP contribution >= 0.6 is 11.6 Å². The molecule has 0 amide bonds. The standard InChI is InChI=1S/C14H19ClN2O3S/c1-10(2)7-14(3,18)9-17-21(19,20)12-5-4-11(8-16)13(15)6-12/h4-6,10,17-18H,7,9H2,1-3H3. The van der Waals surface area contributed by atoms with Crippen LogP contribution in [0.1, 0.15) is 32.8 Å². The summed E-state index contributed by atoms with van der Waals surface area (Å²) in [5.74, 6) is 0.244. The molecule has 0 fully saturated rings. The summed E-state index contributed by atoms with van der Waals surface area (Å²) < 4.78 is 26.7. The van der Waals surface area contributed by atoms with E-state index in [0.717, 1.165) is 0 Å². The average molecular weight is 331 g/mol. The summed E-state index contributed by atoms with van der Waals surface area (Å²) in [6.07, 6.45) is 0.476. The van der Waals surface area contributed by atoms with Crippen molar-refractivity contribution in [2.75, 3.05) is 6.54 Å². The van der Waals surface area contributed by atoms with Gasteiger partial charge in [-0.1, -0.05) is 25.4 Å². The van der Waals surface area contributed by atoms with Gasteiger partial charge >= 0.3 is 0 Å². The van der Waals surface area contributed by atoms with Crippen molar-refractivity contribution in [1.29, 1.82) is 5.26 Å². The highest BCUT2D eigenvalue weighted by Crippen LogP contribution is 2.21. The van der Waals surface area contributed by atoms with E-state index in [-0.39, 0.29) is 27.9 Å². The lowest BCUT2D eigenvalue weighted by atomic mass is 9.95. The van der Waals surface area contributed by atoms with E-state index in [1.807, 2.05) is 19.9 Å². The number of aliphatic hydroxyl groups is 1. The molecular formula is C14H19ClN2O3S. The van der Waals surface area contributed by atoms with Crippen LogP contribution in [-0.2, 0) is 10.0 Å². The van der Waals surface area contributed by atoms with Gasteiger partial charge in [0.2, 0.25) is 10.0 Å². The molecule has 1 unspecified atom stereocenters. The highest BCUT2D eigenvalue weighted by molar-refractivity contribution is 7.89. The van der Waals surface area contributed by atoms with E-state index in [1.165, 1.54) is 18.2 Å². The number of sulfonamides is 1. The lowest BCUT2D eigenvalue weighted by Crippen LogP contribution is -2.41. The summed E-state index contributed by atoms with van der Waals surface area (Å²) in [6, 6.07) is 5.75. The van der Waals surface area contributed by atoms with Crippen molar-refractivity contribution >= 4 is 21.6 Å². The molecule has 0 heterocycles. The molecule has 0 spiro atoms. The zero-order chi connectivity index (χ0) is 16.3. The Morgan fingerprint density at radius 1 is 1.48 bits per heavy atom. The first kappa shape index (κ1) is 17.9. The van der Waals surface area contributed by atoms with Crippen LogP contribution in [0, 0.1) is 17.2 Å². The number of halogens is 1. The van der Waals surface area contributed by atoms with E-state index < -0.39 is 15.6 Å². The summed E-state index contributed by atoms with van der Waals surface area (Å²) in [5.41, 5.74) is -0.917. The van der Waals surface area contributed by atoms with Crippen LogP contribution in [0.2, 0.25) is 5.02 Å². The second kappa shape index (κ2) is 6.75. The van der Waals surface area contributed by atoms with Crippen LogP contribution in [0.15, 0.2) is 23.1 Å². The number of nitrogens with one attached hydrogen (secondary N) is 1. The molecule has 0 saturated heterocycles. The lowest BCUT2D eigenvalue weighted by Gasteiger charge is -2.25. The molecule has 0 radical (unpaired) electrons. The van der Waals surface area contributed by atoms with Gasteiger partial charge in [0.05, 0.1) is 21.1 Å². The molecule has 0 aliphatic carbocycles. The van der Waals surface area contributed by atoms with Crippen LogP contribution in [0.4, 0.5) is 0 Å². The van der Waals surface area contributed by atoms with Crippen molar-refractivity contribution in [3.05, 3.63) is 28.8 Å². The van der Waals surface area contributed by atoms with Gasteiger partial charge in [-0.3, -0.25) is 0 Å². The predicted molar refractivity (Wildman–Crippen MR) is 81.4 cm³/mol. The predicted octanol–water partition coefficient (Wildman–Crippen LogP) is 2.29. The third kappa shape index (κ3) is 5.29. The highest BCUT2D eigenvalue weighted by Gasteiger charge is 2.25. The van der Waals surface area contributed by atoms with Crippen LogP contribution in [0.3, 0.4) is 0 Å². The maximum Gasteiger partial charge on any atom is 0.240 e. The number of benzene rings is 1. The largest absolute Gasteiger partial charge is 0.389 e. The van der Waals surface area contributed by atoms with Crippen LogP contribution in [0.5, 0.6) is 0 Å². The maximum atomic E-state index is 12.2. The summed E-state index contributed by atoms with van der Waals surface area (Å²) in [4.78, 5) is -0.0353. The SMILES string of the molecule is CC(C)CC(C)(O)CNS(=O)(=O)c1ccc(C#N)c(Cl)c1. The van der Waals surface area contributed by atoms with Gasteiger partial charge in [0.25, 0.3) is 0 Å². The molecule has 0 saturated carbocycles. The minimum absolute atomic E-state index is 0.0353. The fourth-order valence-electron chi connectivity index (χ4n) is 2.04. The van der Waals surface area contributed by atoms with Crippen molar-refractivity contribution in [3.8, 4) is 6.07 Å². The third-order valence-corrected chi connectivity index (χ3v) is 4.57. The highest BCUT2D eigenvalue weighted by atomic mass is 35.5. The maximum absolute atomic E-state index is 12.2. The molecule has 1 aromatic rings. The zero-order valence-electron chi connectivity index (χ0n) is 12.2. The minimum atomic E-state index is -3.78. The fraction of sp³-hybridized carbons (Fsp3) is 0.500. The van der Waals surface area contributed by atoms with Gasteiger partial charge in [0.1, 0.15) is 6.07 Å². The van der Waals surface area contributed by atoms with Gasteiger partial charge in [-0.05, 0) is 37.5 Å². The number of nitrogens with zero attached hydrogens (tertiary/aromatic N) is 1. The molecule has 1 rings (SSSR count). The van der Waals surface area contributed by atoms with Crippen molar-refractivity contribution in [2.24, 2.45) is 5.92 Å². The van der Waals surface area contributed by atoms with Crippen molar-refractivity contribution in [2.45, 2.75) is 37.7 Å². The Kier molecular flexibility index (Phi) is 5.76. The Bertz CT molecular complexity index is 649. The molecule has 116 valence electrons. The van der Waals surface area contributed by atoms with E-state index in [2.05, 4.69) is 4.72 Å². The number of hydrogen-bond donors (Lipinski definition) is 2. The van der Waals surface area contributed by atoms with Gasteiger partial charge in [-0.2, -0.15) is 5.26 Å². The van der Waals surface area contributed by atoms with Gasteiger partial charge in [-0.25, -0.2) is 13.1 Å². The minimum Gasteiger partial charge on any atom is -0.389 e. The van der Waals surface area contributed by atoms with E-state index in [4.69, 9.17) is 16.9 Å². The molecule has 1 aromatic carbocycles. The third-order valence-electron chi connectivity index (χ3n) is 2.86. The summed E-state index contributed by atoms with van der Waals surface area (Å²) in [5, 5.41) is 19.0. The molecule has 0 bridgehead atoms. The molecular weight excluding hydrogens is 312 g/mol. The van der Waals surface area contributed by atoms with Crippen LogP contribution < -0.4 is 4.72 Å². The first-order valence-electron chi connectivity index (χ1n) is 6.49. The Labute approximate surface area is 130 Å². The number of rotatable bonds is 6. The molecule has 0 aliphatic heterocycles. The number of hydrogen-bond acceptors (Lipinski definition) is 4. The first-order chi connectivity index (χ1) is 9.57. The smallest absolute Gasteiger partial charge is 0.240 e. The molecule has 0 aliphatic rings. The lowest BCUT2D eigenvalue weighted by molar-refractivity contribution is 0.0437. The molecule has 7 heteroatoms. The monoisotopic (exact) mass is 330 g/mol.